The van der Waals surface area contributed by atoms with Crippen LogP contribution in [0.4, 0.5) is 0 Å². The van der Waals surface area contributed by atoms with Crippen molar-refractivity contribution in [2.75, 3.05) is 0 Å². The van der Waals surface area contributed by atoms with E-state index < -0.39 is 10.2 Å². The molecule has 0 saturated heterocycles. The minimum Gasteiger partial charge on any atom is -0.512 e. The van der Waals surface area contributed by atoms with Crippen molar-refractivity contribution in [1.82, 2.24) is 0 Å². The molecule has 0 aromatic carbocycles. The Balaban J connectivity index is -0.0000000651. The highest BCUT2D eigenvalue weighted by Crippen LogP contribution is 1.82. The maximum absolute atomic E-state index is 10.0. The number of allylic oxidation sites excluding steroid dienone is 2. The molecule has 0 spiro atoms. The molecule has 0 bridgehead atoms. The molecule has 9 heteroatoms. The molecule has 2 N–H and O–H groups in total. The predicted octanol–water partition coefficient (Wildman–Crippen LogP) is -5.45. The van der Waals surface area contributed by atoms with E-state index in [2.05, 4.69) is 0 Å². The summed E-state index contributed by atoms with van der Waals surface area (Å²) in [6, 6.07) is 0. The third-order valence-electron chi connectivity index (χ3n) is 0.412. The quantitative estimate of drug-likeness (QED) is 0.275. The van der Waals surface area contributed by atoms with E-state index in [1.807, 2.05) is 0 Å². The molecule has 0 fully saturated rings. The summed E-state index contributed by atoms with van der Waals surface area (Å²) in [4.78, 5) is 10.0. The standard InChI is InChI=1S/C5H8O2.2Al.ClHO4.6H/c1-4(6)3-5(2)7;;;2-1(3,4)5;;;;;;/h3,6H,1-2H3;;;(H,2,3,4,5);;;;;;/b4-3-;;;;;;;;;. The maximum Gasteiger partial charge on any atom is 0.187 e. The summed E-state index contributed by atoms with van der Waals surface area (Å²) in [6.45, 7) is 2.85. The van der Waals surface area contributed by atoms with Gasteiger partial charge < -0.3 is 5.11 Å². The highest BCUT2D eigenvalue weighted by molar-refractivity contribution is 5.87. The molecular weight excluding hydrogens is 245 g/mol. The summed E-state index contributed by atoms with van der Waals surface area (Å²) in [6.07, 6.45) is 1.17. The molecule has 0 radical (unpaired) electrons. The first-order valence-corrected chi connectivity index (χ1v) is 3.90. The van der Waals surface area contributed by atoms with Gasteiger partial charge in [0, 0.05) is 6.08 Å². The van der Waals surface area contributed by atoms with Crippen LogP contribution in [0.2, 0.25) is 0 Å². The summed E-state index contributed by atoms with van der Waals surface area (Å²) in [5.41, 5.74) is 0. The number of carbonyl (C=O) groups is 1. The topological polar surface area (TPSA) is 127 Å². The Morgan fingerprint density at radius 2 is 1.43 bits per heavy atom. The van der Waals surface area contributed by atoms with E-state index >= 15 is 0 Å². The van der Waals surface area contributed by atoms with Gasteiger partial charge in [0.25, 0.3) is 0 Å². The average Bonchev–Trinajstić information content (AvgIpc) is 1.52. The van der Waals surface area contributed by atoms with Crippen LogP contribution in [0.1, 0.15) is 13.8 Å². The van der Waals surface area contributed by atoms with Crippen LogP contribution in [0.3, 0.4) is 0 Å². The van der Waals surface area contributed by atoms with Crippen molar-refractivity contribution < 1.29 is 38.8 Å². The van der Waals surface area contributed by atoms with Gasteiger partial charge >= 0.3 is 0 Å². The first-order chi connectivity index (χ1) is 5.13. The van der Waals surface area contributed by atoms with Crippen molar-refractivity contribution in [2.24, 2.45) is 0 Å². The van der Waals surface area contributed by atoms with Crippen LogP contribution >= 0.6 is 0 Å². The maximum atomic E-state index is 10.0. The smallest absolute Gasteiger partial charge is 0.187 e. The Kier molecular flexibility index (Phi) is 19.6. The van der Waals surface area contributed by atoms with E-state index in [-0.39, 0.29) is 46.3 Å². The number of aliphatic hydroxyl groups excluding tert-OH is 1. The summed E-state index contributed by atoms with van der Waals surface area (Å²) in [5, 5.41) is 8.36. The first kappa shape index (κ1) is 23.9. The van der Waals surface area contributed by atoms with Gasteiger partial charge in [0.2, 0.25) is 0 Å². The van der Waals surface area contributed by atoms with Gasteiger partial charge in [0.15, 0.2) is 40.5 Å². The Hall–Kier alpha value is 0.405. The average molecular weight is 261 g/mol. The third-order valence-corrected chi connectivity index (χ3v) is 0.412. The molecule has 0 amide bonds. The van der Waals surface area contributed by atoms with Gasteiger partial charge in [-0.05, 0) is 13.8 Å². The van der Waals surface area contributed by atoms with Crippen molar-refractivity contribution in [3.05, 3.63) is 11.8 Å². The number of carbonyl (C=O) groups excluding carboxylic acids is 1. The SMILES string of the molecule is CC(=O)/C=C(/C)O.[AlH3].[AlH3].[O-][Cl+3]([O-])([O-])O. The van der Waals surface area contributed by atoms with E-state index in [0.29, 0.717) is 0 Å². The minimum absolute atomic E-state index is 0. The zero-order chi connectivity index (χ0) is 10.4. The van der Waals surface area contributed by atoms with Crippen LogP contribution < -0.4 is 14.0 Å². The minimum atomic E-state index is -4.69. The van der Waals surface area contributed by atoms with Gasteiger partial charge in [-0.3, -0.25) is 4.79 Å². The van der Waals surface area contributed by atoms with Gasteiger partial charge in [0.1, 0.15) is 0 Å². The second kappa shape index (κ2) is 11.5. The lowest BCUT2D eigenvalue weighted by Gasteiger charge is -2.03. The van der Waals surface area contributed by atoms with Gasteiger partial charge in [-0.15, -0.1) is 0 Å². The highest BCUT2D eigenvalue weighted by atomic mass is 35.7. The van der Waals surface area contributed by atoms with Crippen LogP contribution in [-0.2, 0) is 4.79 Å². The Morgan fingerprint density at radius 3 is 1.43 bits per heavy atom. The number of ketones is 1. The van der Waals surface area contributed by atoms with E-state index in [1.165, 1.54) is 19.9 Å². The monoisotopic (exact) mass is 260 g/mol. The molecular formula is C5H15Al2ClO6. The Labute approximate surface area is 105 Å². The van der Waals surface area contributed by atoms with E-state index in [0.717, 1.165) is 0 Å². The van der Waals surface area contributed by atoms with E-state index in [4.69, 9.17) is 23.7 Å². The fourth-order valence-electron chi connectivity index (χ4n) is 0.294. The fourth-order valence-corrected chi connectivity index (χ4v) is 0.294. The van der Waals surface area contributed by atoms with Crippen LogP contribution in [0.25, 0.3) is 0 Å². The van der Waals surface area contributed by atoms with Crippen LogP contribution in [-0.4, -0.2) is 50.3 Å². The van der Waals surface area contributed by atoms with E-state index in [1.54, 1.807) is 0 Å². The highest BCUT2D eigenvalue weighted by Gasteiger charge is 1.98. The van der Waals surface area contributed by atoms with Gasteiger partial charge in [-0.2, -0.15) is 14.0 Å². The summed E-state index contributed by atoms with van der Waals surface area (Å²) < 4.78 is 32.7. The van der Waals surface area contributed by atoms with E-state index in [9.17, 15) is 4.79 Å². The van der Waals surface area contributed by atoms with Crippen LogP contribution in [0.15, 0.2) is 11.8 Å². The van der Waals surface area contributed by atoms with Crippen molar-refractivity contribution in [1.29, 1.82) is 0 Å². The molecule has 0 rings (SSSR count). The molecule has 0 aliphatic heterocycles. The van der Waals surface area contributed by atoms with Crippen LogP contribution in [0, 0.1) is 10.2 Å². The van der Waals surface area contributed by atoms with Crippen molar-refractivity contribution in [3.8, 4) is 0 Å². The molecule has 0 atom stereocenters. The van der Waals surface area contributed by atoms with Gasteiger partial charge in [-0.25, -0.2) is 0 Å². The summed E-state index contributed by atoms with van der Waals surface area (Å²) >= 11 is 0. The summed E-state index contributed by atoms with van der Waals surface area (Å²) in [7, 11) is -4.69. The number of hydrogen-bond donors (Lipinski definition) is 2. The molecule has 6 nitrogen and oxygen atoms in total. The lowest BCUT2D eigenvalue weighted by atomic mass is 10.4. The third kappa shape index (κ3) is 83.2. The lowest BCUT2D eigenvalue weighted by molar-refractivity contribution is -1.92. The predicted molar refractivity (Wildman–Crippen MR) is 49.2 cm³/mol. The number of rotatable bonds is 1. The Bertz CT molecular complexity index is 168. The fraction of sp³-hybridized carbons (Fsp3) is 0.400. The molecule has 0 saturated carbocycles. The normalized spacial score (nSPS) is 10.0. The molecule has 0 heterocycles. The molecule has 0 aliphatic rings. The number of hydrogen-bond acceptors (Lipinski definition) is 6. The molecule has 0 aromatic heterocycles. The molecule has 0 aromatic rings. The zero-order valence-electron chi connectivity index (χ0n) is 6.48. The molecule has 84 valence electrons. The van der Waals surface area contributed by atoms with Crippen molar-refractivity contribution >= 4 is 40.5 Å². The van der Waals surface area contributed by atoms with Gasteiger partial charge in [-0.1, -0.05) is 0 Å². The molecule has 14 heavy (non-hydrogen) atoms. The lowest BCUT2D eigenvalue weighted by Crippen LogP contribution is -2.58. The zero-order valence-corrected chi connectivity index (χ0v) is 7.24. The number of aliphatic hydroxyl groups is 1. The van der Waals surface area contributed by atoms with Crippen molar-refractivity contribution in [3.63, 3.8) is 0 Å². The second-order valence-electron chi connectivity index (χ2n) is 1.79. The second-order valence-corrected chi connectivity index (χ2v) is 2.58. The Morgan fingerprint density at radius 1 is 1.21 bits per heavy atom. The van der Waals surface area contributed by atoms with Gasteiger partial charge in [0.05, 0.1) is 20.7 Å². The molecule has 0 unspecified atom stereocenters. The molecule has 0 aliphatic carbocycles. The van der Waals surface area contributed by atoms with Crippen LogP contribution in [0.5, 0.6) is 0 Å². The number of halogens is 1. The largest absolute Gasteiger partial charge is 0.512 e. The van der Waals surface area contributed by atoms with Crippen molar-refractivity contribution in [2.45, 2.75) is 13.8 Å². The first-order valence-electron chi connectivity index (χ1n) is 2.64. The summed E-state index contributed by atoms with van der Waals surface area (Å²) in [5.74, 6) is -0.0625.